The molecule has 6 heteroatoms. The van der Waals surface area contributed by atoms with Gasteiger partial charge in [-0.15, -0.1) is 0 Å². The Morgan fingerprint density at radius 2 is 2.00 bits per heavy atom. The van der Waals surface area contributed by atoms with E-state index in [0.717, 1.165) is 16.3 Å². The van der Waals surface area contributed by atoms with Gasteiger partial charge in [-0.2, -0.15) is 0 Å². The molecule has 1 aromatic heterocycles. The minimum absolute atomic E-state index is 0.177. The van der Waals surface area contributed by atoms with Crippen LogP contribution in [0.15, 0.2) is 36.4 Å². The minimum atomic E-state index is -0.662. The van der Waals surface area contributed by atoms with Gasteiger partial charge < -0.3 is 5.32 Å². The van der Waals surface area contributed by atoms with E-state index in [1.54, 1.807) is 12.1 Å². The quantitative estimate of drug-likeness (QED) is 0.722. The molecule has 0 aliphatic rings. The van der Waals surface area contributed by atoms with E-state index in [2.05, 4.69) is 10.3 Å². The summed E-state index contributed by atoms with van der Waals surface area (Å²) in [7, 11) is 0. The number of anilines is 2. The zero-order chi connectivity index (χ0) is 13.4. The van der Waals surface area contributed by atoms with Crippen LogP contribution in [0.25, 0.3) is 10.2 Å². The second kappa shape index (κ2) is 4.75. The van der Waals surface area contributed by atoms with Crippen LogP contribution in [0.4, 0.5) is 19.6 Å². The monoisotopic (exact) mass is 296 g/mol. The maximum absolute atomic E-state index is 13.5. The SMILES string of the molecule is Fc1ccc(Nc2nc3cccc(Cl)c3s2)c(F)c1. The van der Waals surface area contributed by atoms with Crippen LogP contribution in [0.1, 0.15) is 0 Å². The van der Waals surface area contributed by atoms with E-state index < -0.39 is 11.6 Å². The van der Waals surface area contributed by atoms with Gasteiger partial charge in [0.05, 0.1) is 20.9 Å². The Morgan fingerprint density at radius 1 is 1.16 bits per heavy atom. The molecular formula is C13H7ClF2N2S. The van der Waals surface area contributed by atoms with Crippen molar-refractivity contribution in [2.24, 2.45) is 0 Å². The Kier molecular flexibility index (Phi) is 3.08. The molecule has 0 spiro atoms. The number of hydrogen-bond acceptors (Lipinski definition) is 3. The van der Waals surface area contributed by atoms with Gasteiger partial charge in [-0.3, -0.25) is 0 Å². The first-order valence-electron chi connectivity index (χ1n) is 5.40. The van der Waals surface area contributed by atoms with Crippen molar-refractivity contribution < 1.29 is 8.78 Å². The maximum atomic E-state index is 13.5. The third-order valence-electron chi connectivity index (χ3n) is 2.54. The Bertz CT molecular complexity index is 757. The average molecular weight is 297 g/mol. The highest BCUT2D eigenvalue weighted by molar-refractivity contribution is 7.22. The van der Waals surface area contributed by atoms with Crippen LogP contribution in [0.2, 0.25) is 5.02 Å². The number of thiazole rings is 1. The molecule has 1 heterocycles. The highest BCUT2D eigenvalue weighted by Gasteiger charge is 2.09. The number of aromatic nitrogens is 1. The van der Waals surface area contributed by atoms with Crippen molar-refractivity contribution in [2.45, 2.75) is 0 Å². The highest BCUT2D eigenvalue weighted by atomic mass is 35.5. The molecule has 2 nitrogen and oxygen atoms in total. The van der Waals surface area contributed by atoms with Gasteiger partial charge >= 0.3 is 0 Å². The van der Waals surface area contributed by atoms with E-state index in [1.807, 2.05) is 6.07 Å². The van der Waals surface area contributed by atoms with E-state index in [1.165, 1.54) is 23.5 Å². The van der Waals surface area contributed by atoms with Crippen molar-refractivity contribution in [3.63, 3.8) is 0 Å². The summed E-state index contributed by atoms with van der Waals surface area (Å²) in [4.78, 5) is 4.29. The summed E-state index contributed by atoms with van der Waals surface area (Å²) in [6.07, 6.45) is 0. The van der Waals surface area contributed by atoms with Crippen molar-refractivity contribution >= 4 is 44.0 Å². The molecule has 0 aliphatic carbocycles. The van der Waals surface area contributed by atoms with Crippen LogP contribution in [-0.2, 0) is 0 Å². The number of halogens is 3. The predicted octanol–water partition coefficient (Wildman–Crippen LogP) is 4.97. The number of benzene rings is 2. The fraction of sp³-hybridized carbons (Fsp3) is 0. The van der Waals surface area contributed by atoms with Gasteiger partial charge in [0.25, 0.3) is 0 Å². The van der Waals surface area contributed by atoms with Gasteiger partial charge in [-0.25, -0.2) is 13.8 Å². The smallest absolute Gasteiger partial charge is 0.188 e. The molecule has 3 aromatic rings. The van der Waals surface area contributed by atoms with E-state index in [-0.39, 0.29) is 5.69 Å². The topological polar surface area (TPSA) is 24.9 Å². The zero-order valence-corrected chi connectivity index (χ0v) is 11.0. The number of nitrogens with one attached hydrogen (secondary N) is 1. The zero-order valence-electron chi connectivity index (χ0n) is 9.45. The molecule has 0 unspecified atom stereocenters. The second-order valence-corrected chi connectivity index (χ2v) is 5.26. The molecule has 0 fully saturated rings. The minimum Gasteiger partial charge on any atom is -0.329 e. The van der Waals surface area contributed by atoms with E-state index in [9.17, 15) is 8.78 Å². The van der Waals surface area contributed by atoms with Gasteiger partial charge in [0, 0.05) is 6.07 Å². The fourth-order valence-corrected chi connectivity index (χ4v) is 2.84. The van der Waals surface area contributed by atoms with E-state index >= 15 is 0 Å². The molecule has 0 atom stereocenters. The molecule has 1 N–H and O–H groups in total. The fourth-order valence-electron chi connectivity index (χ4n) is 1.67. The first kappa shape index (κ1) is 12.3. The molecule has 0 radical (unpaired) electrons. The molecule has 96 valence electrons. The Balaban J connectivity index is 1.99. The van der Waals surface area contributed by atoms with Crippen LogP contribution in [-0.4, -0.2) is 4.98 Å². The summed E-state index contributed by atoms with van der Waals surface area (Å²) in [5.74, 6) is -1.28. The van der Waals surface area contributed by atoms with Gasteiger partial charge in [0.2, 0.25) is 0 Å². The summed E-state index contributed by atoms with van der Waals surface area (Å²) in [5.41, 5.74) is 0.916. The van der Waals surface area contributed by atoms with Crippen LogP contribution < -0.4 is 5.32 Å². The van der Waals surface area contributed by atoms with Crippen LogP contribution in [0.3, 0.4) is 0 Å². The molecule has 3 rings (SSSR count). The van der Waals surface area contributed by atoms with Gasteiger partial charge in [0.1, 0.15) is 11.6 Å². The lowest BCUT2D eigenvalue weighted by Gasteiger charge is -2.03. The van der Waals surface area contributed by atoms with Crippen molar-refractivity contribution in [1.29, 1.82) is 0 Å². The normalized spacial score (nSPS) is 10.9. The van der Waals surface area contributed by atoms with E-state index in [0.29, 0.717) is 10.2 Å². The molecule has 2 aromatic carbocycles. The largest absolute Gasteiger partial charge is 0.329 e. The van der Waals surface area contributed by atoms with Gasteiger partial charge in [-0.05, 0) is 24.3 Å². The number of rotatable bonds is 2. The summed E-state index contributed by atoms with van der Waals surface area (Å²) < 4.78 is 27.2. The number of fused-ring (bicyclic) bond motifs is 1. The van der Waals surface area contributed by atoms with Crippen molar-refractivity contribution in [3.8, 4) is 0 Å². The van der Waals surface area contributed by atoms with Crippen molar-refractivity contribution in [2.75, 3.05) is 5.32 Å². The van der Waals surface area contributed by atoms with Crippen LogP contribution in [0.5, 0.6) is 0 Å². The first-order chi connectivity index (χ1) is 9.13. The van der Waals surface area contributed by atoms with Crippen molar-refractivity contribution in [1.82, 2.24) is 4.98 Å². The maximum Gasteiger partial charge on any atom is 0.188 e. The highest BCUT2D eigenvalue weighted by Crippen LogP contribution is 2.33. The molecule has 19 heavy (non-hydrogen) atoms. The summed E-state index contributed by atoms with van der Waals surface area (Å²) in [6, 6.07) is 8.73. The second-order valence-electron chi connectivity index (χ2n) is 3.86. The first-order valence-corrected chi connectivity index (χ1v) is 6.60. The van der Waals surface area contributed by atoms with Crippen molar-refractivity contribution in [3.05, 3.63) is 53.1 Å². The van der Waals surface area contributed by atoms with Gasteiger partial charge in [-0.1, -0.05) is 29.0 Å². The standard InChI is InChI=1S/C13H7ClF2N2S/c14-8-2-1-3-11-12(8)19-13(18-11)17-10-5-4-7(15)6-9(10)16/h1-6H,(H,17,18). The lowest BCUT2D eigenvalue weighted by molar-refractivity contribution is 0.586. The lowest BCUT2D eigenvalue weighted by atomic mass is 10.3. The Morgan fingerprint density at radius 3 is 2.74 bits per heavy atom. The lowest BCUT2D eigenvalue weighted by Crippen LogP contribution is -1.93. The predicted molar refractivity (Wildman–Crippen MR) is 74.3 cm³/mol. The Labute approximate surface area is 116 Å². The molecule has 0 saturated carbocycles. The summed E-state index contributed by atoms with van der Waals surface area (Å²) in [6.45, 7) is 0. The summed E-state index contributed by atoms with van der Waals surface area (Å²) >= 11 is 7.36. The third kappa shape index (κ3) is 2.39. The molecule has 0 aliphatic heterocycles. The number of hydrogen-bond donors (Lipinski definition) is 1. The van der Waals surface area contributed by atoms with Crippen LogP contribution in [0, 0.1) is 11.6 Å². The molecule has 0 saturated heterocycles. The summed E-state index contributed by atoms with van der Waals surface area (Å²) in [5, 5.41) is 3.93. The molecule has 0 bridgehead atoms. The molecule has 0 amide bonds. The number of nitrogens with zero attached hydrogens (tertiary/aromatic N) is 1. The van der Waals surface area contributed by atoms with E-state index in [4.69, 9.17) is 11.6 Å². The van der Waals surface area contributed by atoms with Crippen LogP contribution >= 0.6 is 22.9 Å². The third-order valence-corrected chi connectivity index (χ3v) is 3.99. The van der Waals surface area contributed by atoms with Gasteiger partial charge in [0.15, 0.2) is 5.13 Å². The Hall–Kier alpha value is -1.72. The average Bonchev–Trinajstić information content (AvgIpc) is 2.77. The molecular weight excluding hydrogens is 290 g/mol.